The number of aliphatic carboxylic acids is 1. The Morgan fingerprint density at radius 1 is 1.13 bits per heavy atom. The highest BCUT2D eigenvalue weighted by molar-refractivity contribution is 7.61. The largest absolute Gasteiger partial charge is 0.480 e. The average molecular weight is 485 g/mol. The Morgan fingerprint density at radius 3 is 2.45 bits per heavy atom. The van der Waals surface area contributed by atoms with Gasteiger partial charge in [-0.25, -0.2) is 0 Å². The molecule has 6 nitrogen and oxygen atoms in total. The third kappa shape index (κ3) is 5.00. The fourth-order valence-electron chi connectivity index (χ4n) is 4.22. The number of nitrogens with zero attached hydrogens (tertiary/aromatic N) is 1. The molecule has 2 atom stereocenters. The molecule has 2 aromatic carbocycles. The Bertz CT molecular complexity index is 983. The van der Waals surface area contributed by atoms with Crippen LogP contribution in [0.1, 0.15) is 24.8 Å². The average Bonchev–Trinajstić information content (AvgIpc) is 2.71. The van der Waals surface area contributed by atoms with E-state index in [1.165, 1.54) is 0 Å². The van der Waals surface area contributed by atoms with Crippen LogP contribution >= 0.6 is 30.6 Å². The maximum absolute atomic E-state index is 13.0. The van der Waals surface area contributed by atoms with Crippen LogP contribution in [0.4, 0.5) is 0 Å². The fourth-order valence-corrected chi connectivity index (χ4v) is 7.03. The maximum Gasteiger partial charge on any atom is 0.320 e. The molecular weight excluding hydrogens is 458 g/mol. The zero-order chi connectivity index (χ0) is 22.6. The second-order valence-corrected chi connectivity index (χ2v) is 11.5. The lowest BCUT2D eigenvalue weighted by Crippen LogP contribution is -2.53. The van der Waals surface area contributed by atoms with Crippen molar-refractivity contribution in [2.45, 2.75) is 31.0 Å². The number of carboxylic acids is 1. The molecule has 0 spiro atoms. The fraction of sp³-hybridized carbons (Fsp3) is 0.409. The molecule has 0 bridgehead atoms. The minimum Gasteiger partial charge on any atom is -0.480 e. The molecule has 0 amide bonds. The first-order valence-corrected chi connectivity index (χ1v) is 12.8. The summed E-state index contributed by atoms with van der Waals surface area (Å²) < 4.78 is 13.0. The summed E-state index contributed by atoms with van der Waals surface area (Å²) in [6, 6.07) is 13.0. The van der Waals surface area contributed by atoms with Gasteiger partial charge in [0.1, 0.15) is 0 Å². The van der Waals surface area contributed by atoms with Gasteiger partial charge in [0, 0.05) is 41.4 Å². The number of hydrogen-bond acceptors (Lipinski definition) is 4. The van der Waals surface area contributed by atoms with E-state index >= 15 is 0 Å². The van der Waals surface area contributed by atoms with Gasteiger partial charge < -0.3 is 15.7 Å². The van der Waals surface area contributed by atoms with Crippen molar-refractivity contribution in [3.63, 3.8) is 0 Å². The summed E-state index contributed by atoms with van der Waals surface area (Å²) in [5.74, 6) is -1.22. The molecule has 9 heteroatoms. The van der Waals surface area contributed by atoms with Crippen LogP contribution in [0.3, 0.4) is 0 Å². The number of nitrogens with two attached hydrogens (primary N) is 1. The van der Waals surface area contributed by atoms with E-state index in [-0.39, 0.29) is 19.1 Å². The molecule has 1 saturated heterocycles. The maximum atomic E-state index is 13.0. The van der Waals surface area contributed by atoms with E-state index in [1.807, 2.05) is 29.2 Å². The van der Waals surface area contributed by atoms with Crippen LogP contribution in [0.2, 0.25) is 10.0 Å². The van der Waals surface area contributed by atoms with Crippen molar-refractivity contribution in [2.24, 2.45) is 5.73 Å². The van der Waals surface area contributed by atoms with Crippen LogP contribution in [0.25, 0.3) is 11.1 Å². The van der Waals surface area contributed by atoms with Crippen molar-refractivity contribution in [3.8, 4) is 11.1 Å². The van der Waals surface area contributed by atoms with Gasteiger partial charge in [-0.2, -0.15) is 0 Å². The number of benzene rings is 2. The third-order valence-electron chi connectivity index (χ3n) is 5.96. The molecule has 0 aromatic heterocycles. The van der Waals surface area contributed by atoms with Crippen molar-refractivity contribution in [3.05, 3.63) is 58.1 Å². The number of hydrogen-bond donors (Lipinski definition) is 3. The minimum absolute atomic E-state index is 0.00523. The lowest BCUT2D eigenvalue weighted by Gasteiger charge is -2.43. The highest BCUT2D eigenvalue weighted by Gasteiger charge is 2.56. The number of carboxylic acid groups (broad SMARTS) is 1. The summed E-state index contributed by atoms with van der Waals surface area (Å²) in [5.41, 5.74) is 8.05. The van der Waals surface area contributed by atoms with E-state index in [1.54, 1.807) is 18.2 Å². The van der Waals surface area contributed by atoms with Gasteiger partial charge in [-0.3, -0.25) is 14.3 Å². The number of rotatable bonds is 8. The summed E-state index contributed by atoms with van der Waals surface area (Å²) >= 11 is 12.8. The topological polar surface area (TPSA) is 104 Å². The van der Waals surface area contributed by atoms with E-state index in [2.05, 4.69) is 0 Å². The summed E-state index contributed by atoms with van der Waals surface area (Å²) in [5, 5.41) is 9.36. The Labute approximate surface area is 192 Å². The number of unbranched alkanes of at least 4 members (excludes halogenated alkanes) is 1. The van der Waals surface area contributed by atoms with Gasteiger partial charge in [0.05, 0.1) is 0 Å². The van der Waals surface area contributed by atoms with Crippen molar-refractivity contribution >= 4 is 36.5 Å². The second-order valence-electron chi connectivity index (χ2n) is 7.97. The van der Waals surface area contributed by atoms with Crippen molar-refractivity contribution < 1.29 is 19.4 Å². The van der Waals surface area contributed by atoms with E-state index in [4.69, 9.17) is 28.9 Å². The van der Waals surface area contributed by atoms with Gasteiger partial charge in [-0.05, 0) is 42.6 Å². The predicted octanol–water partition coefficient (Wildman–Crippen LogP) is 4.70. The van der Waals surface area contributed by atoms with Gasteiger partial charge >= 0.3 is 5.97 Å². The van der Waals surface area contributed by atoms with Crippen molar-refractivity contribution in [1.29, 1.82) is 0 Å². The van der Waals surface area contributed by atoms with Crippen LogP contribution in [-0.2, 0) is 15.9 Å². The smallest absolute Gasteiger partial charge is 0.320 e. The molecule has 3 rings (SSSR count). The zero-order valence-corrected chi connectivity index (χ0v) is 19.5. The first-order chi connectivity index (χ1) is 14.7. The molecule has 1 aliphatic rings. The Balaban J connectivity index is 1.92. The molecule has 1 heterocycles. The molecule has 2 unspecified atom stereocenters. The van der Waals surface area contributed by atoms with E-state index < -0.39 is 18.5 Å². The highest BCUT2D eigenvalue weighted by atomic mass is 35.5. The zero-order valence-electron chi connectivity index (χ0n) is 17.1. The van der Waals surface area contributed by atoms with Gasteiger partial charge in [0.25, 0.3) is 0 Å². The van der Waals surface area contributed by atoms with Gasteiger partial charge in [0.15, 0.2) is 5.16 Å². The van der Waals surface area contributed by atoms with Crippen LogP contribution in [0, 0.1) is 0 Å². The first kappa shape index (κ1) is 24.2. The van der Waals surface area contributed by atoms with Crippen LogP contribution < -0.4 is 5.73 Å². The number of carbonyl (C=O) groups is 1. The van der Waals surface area contributed by atoms with Gasteiger partial charge in [0.2, 0.25) is 7.37 Å². The van der Waals surface area contributed by atoms with Gasteiger partial charge in [-0.1, -0.05) is 60.0 Å². The third-order valence-corrected chi connectivity index (χ3v) is 9.29. The van der Waals surface area contributed by atoms with E-state index in [0.717, 1.165) is 16.7 Å². The van der Waals surface area contributed by atoms with Crippen LogP contribution in [0.5, 0.6) is 0 Å². The lowest BCUT2D eigenvalue weighted by molar-refractivity contribution is -0.141. The summed E-state index contributed by atoms with van der Waals surface area (Å²) in [7, 11) is -3.88. The molecule has 0 saturated carbocycles. The Hall–Kier alpha value is -1.40. The Kier molecular flexibility index (Phi) is 7.85. The molecule has 0 radical (unpaired) electrons. The molecule has 1 aliphatic heterocycles. The molecule has 1 fully saturated rings. The normalized spacial score (nSPS) is 24.3. The van der Waals surface area contributed by atoms with Crippen molar-refractivity contribution in [2.75, 3.05) is 25.8 Å². The first-order valence-electron chi connectivity index (χ1n) is 10.2. The molecule has 0 aliphatic carbocycles. The van der Waals surface area contributed by atoms with E-state index in [0.29, 0.717) is 42.5 Å². The SMILES string of the molecule is NCCCCC1(C(=O)O)CN(Cc2ccccc2-c2c(Cl)cccc2Cl)CCP1(=O)O. The standard InChI is InChI=1S/C22H27Cl2N2O4P/c23-18-8-5-9-19(24)20(18)17-7-2-1-6-16(17)14-26-12-13-31(29,30)22(15-26,21(27)28)10-3-4-11-25/h1-2,5-9H,3-4,10-15,25H2,(H,27,28)(H,29,30). The lowest BCUT2D eigenvalue weighted by atomic mass is 9.97. The van der Waals surface area contributed by atoms with Gasteiger partial charge in [-0.15, -0.1) is 0 Å². The molecule has 4 N–H and O–H groups in total. The van der Waals surface area contributed by atoms with E-state index in [9.17, 15) is 19.4 Å². The summed E-state index contributed by atoms with van der Waals surface area (Å²) in [4.78, 5) is 24.8. The predicted molar refractivity (Wildman–Crippen MR) is 125 cm³/mol. The quantitative estimate of drug-likeness (QED) is 0.370. The molecule has 168 valence electrons. The molecule has 31 heavy (non-hydrogen) atoms. The monoisotopic (exact) mass is 484 g/mol. The van der Waals surface area contributed by atoms with Crippen molar-refractivity contribution in [1.82, 2.24) is 4.90 Å². The van der Waals surface area contributed by atoms with Crippen LogP contribution in [-0.4, -0.2) is 51.8 Å². The summed E-state index contributed by atoms with van der Waals surface area (Å²) in [6.45, 7) is 1.18. The Morgan fingerprint density at radius 2 is 1.81 bits per heavy atom. The van der Waals surface area contributed by atoms with Crippen LogP contribution in [0.15, 0.2) is 42.5 Å². The minimum atomic E-state index is -3.88. The second kappa shape index (κ2) is 10.0. The molecular formula is C22H27Cl2N2O4P. The molecule has 2 aromatic rings. The number of halogens is 2. The summed E-state index contributed by atoms with van der Waals surface area (Å²) in [6.07, 6.45) is 1.18. The highest BCUT2D eigenvalue weighted by Crippen LogP contribution is 2.59.